The fourth-order valence-corrected chi connectivity index (χ4v) is 4.13. The number of carbonyl (C=O) groups excluding carboxylic acids is 2. The average molecular weight is 496 g/mol. The van der Waals surface area contributed by atoms with Crippen molar-refractivity contribution in [3.05, 3.63) is 123 Å². The second kappa shape index (κ2) is 11.0. The first kappa shape index (κ1) is 24.2. The Bertz CT molecular complexity index is 1320. The first-order valence-corrected chi connectivity index (χ1v) is 11.5. The maximum absolute atomic E-state index is 13.7. The second-order valence-corrected chi connectivity index (χ2v) is 8.68. The van der Waals surface area contributed by atoms with Gasteiger partial charge in [-0.1, -0.05) is 30.3 Å². The summed E-state index contributed by atoms with van der Waals surface area (Å²) in [6, 6.07) is 16.9. The summed E-state index contributed by atoms with van der Waals surface area (Å²) in [5.74, 6) is -2.12. The molecule has 0 fully saturated rings. The minimum atomic E-state index is -0.535. The van der Waals surface area contributed by atoms with Crippen molar-refractivity contribution in [2.45, 2.75) is 19.6 Å². The molecule has 0 aliphatic heterocycles. The summed E-state index contributed by atoms with van der Waals surface area (Å²) in [7, 11) is 0. The van der Waals surface area contributed by atoms with Gasteiger partial charge in [0.05, 0.1) is 6.54 Å². The quantitative estimate of drug-likeness (QED) is 0.359. The monoisotopic (exact) mass is 495 g/mol. The van der Waals surface area contributed by atoms with Crippen molar-refractivity contribution in [2.75, 3.05) is 0 Å². The molecule has 4 aromatic rings. The van der Waals surface area contributed by atoms with Crippen LogP contribution in [0.2, 0.25) is 0 Å². The molecule has 0 atom stereocenters. The highest BCUT2D eigenvalue weighted by atomic mass is 32.1. The van der Waals surface area contributed by atoms with Crippen LogP contribution >= 0.6 is 11.3 Å². The van der Waals surface area contributed by atoms with Crippen LogP contribution in [-0.2, 0) is 19.6 Å². The predicted octanol–water partition coefficient (Wildman–Crippen LogP) is 5.33. The predicted molar refractivity (Wildman–Crippen MR) is 126 cm³/mol. The van der Waals surface area contributed by atoms with E-state index in [-0.39, 0.29) is 36.7 Å². The van der Waals surface area contributed by atoms with Crippen LogP contribution in [0.4, 0.5) is 13.2 Å². The molecule has 3 aromatic carbocycles. The molecule has 0 aliphatic rings. The van der Waals surface area contributed by atoms with Gasteiger partial charge in [0.1, 0.15) is 28.2 Å². The summed E-state index contributed by atoms with van der Waals surface area (Å²) < 4.78 is 40.1. The Kier molecular flexibility index (Phi) is 7.57. The summed E-state index contributed by atoms with van der Waals surface area (Å²) in [5.41, 5.74) is 1.78. The topological polar surface area (TPSA) is 62.3 Å². The maximum Gasteiger partial charge on any atom is 0.271 e. The minimum absolute atomic E-state index is 0.0721. The highest BCUT2D eigenvalue weighted by Gasteiger charge is 2.20. The Morgan fingerprint density at radius 2 is 1.49 bits per heavy atom. The van der Waals surface area contributed by atoms with Gasteiger partial charge < -0.3 is 10.2 Å². The van der Waals surface area contributed by atoms with Crippen LogP contribution in [0.15, 0.2) is 78.2 Å². The fourth-order valence-electron chi connectivity index (χ4n) is 3.34. The number of amides is 2. The first-order chi connectivity index (χ1) is 16.9. The van der Waals surface area contributed by atoms with Crippen molar-refractivity contribution < 1.29 is 22.8 Å². The van der Waals surface area contributed by atoms with Crippen molar-refractivity contribution in [1.82, 2.24) is 15.2 Å². The van der Waals surface area contributed by atoms with Gasteiger partial charge >= 0.3 is 0 Å². The molecule has 0 saturated carbocycles. The van der Waals surface area contributed by atoms with E-state index < -0.39 is 23.4 Å². The lowest BCUT2D eigenvalue weighted by Gasteiger charge is -2.22. The number of aromatic nitrogens is 1. The molecule has 0 radical (unpaired) electrons. The van der Waals surface area contributed by atoms with E-state index in [9.17, 15) is 22.8 Å². The zero-order chi connectivity index (χ0) is 24.8. The van der Waals surface area contributed by atoms with Gasteiger partial charge in [-0.15, -0.1) is 11.3 Å². The zero-order valence-corrected chi connectivity index (χ0v) is 19.2. The lowest BCUT2D eigenvalue weighted by atomic mass is 10.1. The van der Waals surface area contributed by atoms with Crippen LogP contribution in [0, 0.1) is 17.5 Å². The van der Waals surface area contributed by atoms with E-state index in [1.54, 1.807) is 29.6 Å². The molecule has 1 N–H and O–H groups in total. The molecule has 0 bridgehead atoms. The smallest absolute Gasteiger partial charge is 0.271 e. The lowest BCUT2D eigenvalue weighted by molar-refractivity contribution is 0.0729. The number of halogens is 3. The number of hydrogen-bond donors (Lipinski definition) is 1. The largest absolute Gasteiger partial charge is 0.347 e. The lowest BCUT2D eigenvalue weighted by Crippen LogP contribution is -2.30. The molecular weight excluding hydrogens is 475 g/mol. The average Bonchev–Trinajstić information content (AvgIpc) is 3.33. The van der Waals surface area contributed by atoms with Crippen LogP contribution in [0.25, 0.3) is 0 Å². The molecule has 4 rings (SSSR count). The number of rotatable bonds is 8. The number of carbonyl (C=O) groups is 2. The molecule has 2 amide bonds. The van der Waals surface area contributed by atoms with Crippen molar-refractivity contribution in [1.29, 1.82) is 0 Å². The van der Waals surface area contributed by atoms with Crippen LogP contribution in [0.3, 0.4) is 0 Å². The number of benzene rings is 3. The Morgan fingerprint density at radius 3 is 2.14 bits per heavy atom. The van der Waals surface area contributed by atoms with Crippen molar-refractivity contribution in [3.63, 3.8) is 0 Å². The van der Waals surface area contributed by atoms with Gasteiger partial charge in [0, 0.05) is 24.0 Å². The van der Waals surface area contributed by atoms with Gasteiger partial charge in [-0.25, -0.2) is 18.2 Å². The second-order valence-electron chi connectivity index (χ2n) is 7.73. The van der Waals surface area contributed by atoms with Crippen molar-refractivity contribution in [2.24, 2.45) is 0 Å². The SMILES string of the molecule is O=C(NCc1ccc(F)cc1)c1csc(CN(Cc2ccc(F)cc2)C(=O)c2cccc(F)c2)n1. The third-order valence-corrected chi connectivity index (χ3v) is 5.96. The molecule has 9 heteroatoms. The molecule has 1 heterocycles. The number of thiazole rings is 1. The zero-order valence-electron chi connectivity index (χ0n) is 18.4. The van der Waals surface area contributed by atoms with Crippen LogP contribution < -0.4 is 5.32 Å². The van der Waals surface area contributed by atoms with E-state index in [0.717, 1.165) is 11.6 Å². The Labute approximate surface area is 203 Å². The Balaban J connectivity index is 1.48. The van der Waals surface area contributed by atoms with Gasteiger partial charge in [-0.2, -0.15) is 0 Å². The number of nitrogens with one attached hydrogen (secondary N) is 1. The molecule has 0 spiro atoms. The third-order valence-electron chi connectivity index (χ3n) is 5.12. The van der Waals surface area contributed by atoms with Crippen LogP contribution in [0.5, 0.6) is 0 Å². The Morgan fingerprint density at radius 1 is 0.829 bits per heavy atom. The van der Waals surface area contributed by atoms with E-state index in [1.165, 1.54) is 58.7 Å². The van der Waals surface area contributed by atoms with Gasteiger partial charge in [-0.05, 0) is 53.6 Å². The summed E-state index contributed by atoms with van der Waals surface area (Å²) in [5, 5.41) is 4.81. The first-order valence-electron chi connectivity index (χ1n) is 10.6. The van der Waals surface area contributed by atoms with Crippen molar-refractivity contribution in [3.8, 4) is 0 Å². The van der Waals surface area contributed by atoms with E-state index in [0.29, 0.717) is 10.6 Å². The fraction of sp³-hybridized carbons (Fsp3) is 0.115. The number of hydrogen-bond acceptors (Lipinski definition) is 4. The van der Waals surface area contributed by atoms with E-state index in [2.05, 4.69) is 10.3 Å². The summed E-state index contributed by atoms with van der Waals surface area (Å²) in [4.78, 5) is 31.5. The standard InChI is InChI=1S/C26H20F3N3O2S/c27-20-8-4-17(5-9-20)13-30-25(33)23-16-35-24(31-23)15-32(14-18-6-10-21(28)11-7-18)26(34)19-2-1-3-22(29)12-19/h1-12,16H,13-15H2,(H,30,33). The van der Waals surface area contributed by atoms with Gasteiger partial charge in [0.15, 0.2) is 0 Å². The molecule has 5 nitrogen and oxygen atoms in total. The highest BCUT2D eigenvalue weighted by molar-refractivity contribution is 7.09. The van der Waals surface area contributed by atoms with E-state index in [4.69, 9.17) is 0 Å². The minimum Gasteiger partial charge on any atom is -0.347 e. The molecule has 0 unspecified atom stereocenters. The van der Waals surface area contributed by atoms with E-state index >= 15 is 0 Å². The summed E-state index contributed by atoms with van der Waals surface area (Å²) >= 11 is 1.21. The number of nitrogens with zero attached hydrogens (tertiary/aromatic N) is 2. The highest BCUT2D eigenvalue weighted by Crippen LogP contribution is 2.18. The molecule has 0 aliphatic carbocycles. The molecule has 35 heavy (non-hydrogen) atoms. The third kappa shape index (κ3) is 6.54. The van der Waals surface area contributed by atoms with Gasteiger partial charge in [0.25, 0.3) is 11.8 Å². The maximum atomic E-state index is 13.7. The van der Waals surface area contributed by atoms with Crippen LogP contribution in [0.1, 0.15) is 37.0 Å². The van der Waals surface area contributed by atoms with Crippen molar-refractivity contribution >= 4 is 23.2 Å². The molecule has 0 saturated heterocycles. The summed E-state index contributed by atoms with van der Waals surface area (Å²) in [6.07, 6.45) is 0. The van der Waals surface area contributed by atoms with Crippen LogP contribution in [-0.4, -0.2) is 21.7 Å². The Hall–Kier alpha value is -3.98. The van der Waals surface area contributed by atoms with Gasteiger partial charge in [-0.3, -0.25) is 9.59 Å². The molecular formula is C26H20F3N3O2S. The molecule has 178 valence electrons. The normalized spacial score (nSPS) is 10.7. The summed E-state index contributed by atoms with van der Waals surface area (Å²) in [6.45, 7) is 0.421. The van der Waals surface area contributed by atoms with E-state index in [1.807, 2.05) is 0 Å². The molecule has 1 aromatic heterocycles. The van der Waals surface area contributed by atoms with Gasteiger partial charge in [0.2, 0.25) is 0 Å².